The molecule has 8 heteroatoms. The van der Waals surface area contributed by atoms with Crippen LogP contribution in [0.1, 0.15) is 17.8 Å². The molecule has 1 saturated heterocycles. The van der Waals surface area contributed by atoms with Crippen LogP contribution in [0.25, 0.3) is 0 Å². The standard InChI is InChI=1S/C20H25N5O3/c1-13-9-15(23-20(22-13)24(2)3)11-21-19(27)14-10-18(26)25(12-14)16-5-7-17(28-4)8-6-16/h5-9,14H,10-12H2,1-4H3,(H,21,27). The third-order valence-corrected chi connectivity index (χ3v) is 4.62. The van der Waals surface area contributed by atoms with Crippen molar-refractivity contribution in [3.8, 4) is 5.75 Å². The van der Waals surface area contributed by atoms with E-state index in [1.54, 1.807) is 24.1 Å². The van der Waals surface area contributed by atoms with Gasteiger partial charge in [0.2, 0.25) is 17.8 Å². The van der Waals surface area contributed by atoms with E-state index in [2.05, 4.69) is 15.3 Å². The molecule has 0 radical (unpaired) electrons. The monoisotopic (exact) mass is 383 g/mol. The number of nitrogens with one attached hydrogen (secondary N) is 1. The van der Waals surface area contributed by atoms with Gasteiger partial charge in [0, 0.05) is 38.4 Å². The Morgan fingerprint density at radius 1 is 1.29 bits per heavy atom. The predicted molar refractivity (Wildman–Crippen MR) is 106 cm³/mol. The number of anilines is 2. The largest absolute Gasteiger partial charge is 0.497 e. The second-order valence-corrected chi connectivity index (χ2v) is 7.02. The van der Waals surface area contributed by atoms with E-state index in [0.717, 1.165) is 22.8 Å². The number of methoxy groups -OCH3 is 1. The highest BCUT2D eigenvalue weighted by molar-refractivity contribution is 6.00. The minimum absolute atomic E-state index is 0.0573. The Balaban J connectivity index is 1.61. The van der Waals surface area contributed by atoms with Crippen molar-refractivity contribution >= 4 is 23.5 Å². The molecule has 0 aliphatic carbocycles. The maximum Gasteiger partial charge on any atom is 0.227 e. The lowest BCUT2D eigenvalue weighted by Gasteiger charge is -2.17. The van der Waals surface area contributed by atoms with Crippen molar-refractivity contribution in [3.63, 3.8) is 0 Å². The van der Waals surface area contributed by atoms with Crippen molar-refractivity contribution in [2.45, 2.75) is 19.9 Å². The van der Waals surface area contributed by atoms with E-state index in [-0.39, 0.29) is 24.2 Å². The van der Waals surface area contributed by atoms with E-state index < -0.39 is 0 Å². The number of nitrogens with zero attached hydrogens (tertiary/aromatic N) is 4. The van der Waals surface area contributed by atoms with Gasteiger partial charge in [-0.25, -0.2) is 9.97 Å². The second kappa shape index (κ2) is 8.24. The zero-order valence-corrected chi connectivity index (χ0v) is 16.6. The van der Waals surface area contributed by atoms with Gasteiger partial charge in [-0.1, -0.05) is 0 Å². The van der Waals surface area contributed by atoms with Crippen molar-refractivity contribution in [1.82, 2.24) is 15.3 Å². The van der Waals surface area contributed by atoms with E-state index >= 15 is 0 Å². The third-order valence-electron chi connectivity index (χ3n) is 4.62. The maximum atomic E-state index is 12.6. The van der Waals surface area contributed by atoms with Crippen molar-refractivity contribution < 1.29 is 14.3 Å². The van der Waals surface area contributed by atoms with Crippen LogP contribution in [0.2, 0.25) is 0 Å². The molecule has 2 aromatic rings. The number of hydrogen-bond donors (Lipinski definition) is 1. The van der Waals surface area contributed by atoms with Gasteiger partial charge in [0.15, 0.2) is 0 Å². The van der Waals surface area contributed by atoms with E-state index in [9.17, 15) is 9.59 Å². The Bertz CT molecular complexity index is 867. The molecular weight excluding hydrogens is 358 g/mol. The number of hydrogen-bond acceptors (Lipinski definition) is 6. The second-order valence-electron chi connectivity index (χ2n) is 7.02. The summed E-state index contributed by atoms with van der Waals surface area (Å²) in [5.41, 5.74) is 2.34. The summed E-state index contributed by atoms with van der Waals surface area (Å²) in [6.45, 7) is 2.56. The lowest BCUT2D eigenvalue weighted by Crippen LogP contribution is -2.33. The molecule has 1 atom stereocenters. The molecule has 1 N–H and O–H groups in total. The zero-order valence-electron chi connectivity index (χ0n) is 16.6. The molecule has 0 bridgehead atoms. The van der Waals surface area contributed by atoms with Gasteiger partial charge in [-0.15, -0.1) is 0 Å². The summed E-state index contributed by atoms with van der Waals surface area (Å²) >= 11 is 0. The first kappa shape index (κ1) is 19.6. The number of carbonyl (C=O) groups is 2. The van der Waals surface area contributed by atoms with Crippen molar-refractivity contribution in [1.29, 1.82) is 0 Å². The Morgan fingerprint density at radius 2 is 2.00 bits per heavy atom. The highest BCUT2D eigenvalue weighted by Gasteiger charge is 2.35. The number of ether oxygens (including phenoxy) is 1. The van der Waals surface area contributed by atoms with Crippen molar-refractivity contribution in [3.05, 3.63) is 41.7 Å². The molecule has 1 aromatic carbocycles. The predicted octanol–water partition coefficient (Wildman–Crippen LogP) is 1.53. The number of carbonyl (C=O) groups excluding carboxylic acids is 2. The van der Waals surface area contributed by atoms with Crippen LogP contribution in [-0.4, -0.2) is 49.5 Å². The SMILES string of the molecule is COc1ccc(N2CC(C(=O)NCc3cc(C)nc(N(C)C)n3)CC2=O)cc1. The number of amides is 2. The Morgan fingerprint density at radius 3 is 2.64 bits per heavy atom. The smallest absolute Gasteiger partial charge is 0.227 e. The fraction of sp³-hybridized carbons (Fsp3) is 0.400. The molecule has 28 heavy (non-hydrogen) atoms. The molecule has 3 rings (SSSR count). The first-order valence-electron chi connectivity index (χ1n) is 9.11. The van der Waals surface area contributed by atoms with Gasteiger partial charge in [-0.05, 0) is 37.3 Å². The maximum absolute atomic E-state index is 12.6. The number of aryl methyl sites for hydroxylation is 1. The molecule has 1 aliphatic heterocycles. The number of benzene rings is 1. The van der Waals surface area contributed by atoms with Crippen molar-refractivity contribution in [2.75, 3.05) is 37.5 Å². The van der Waals surface area contributed by atoms with E-state index in [1.165, 1.54) is 0 Å². The van der Waals surface area contributed by atoms with Gasteiger partial charge in [-0.2, -0.15) is 0 Å². The topological polar surface area (TPSA) is 87.7 Å². The normalized spacial score (nSPS) is 16.2. The minimum atomic E-state index is -0.383. The molecular formula is C20H25N5O3. The first-order valence-corrected chi connectivity index (χ1v) is 9.11. The zero-order chi connectivity index (χ0) is 20.3. The van der Waals surface area contributed by atoms with E-state index in [1.807, 2.05) is 44.1 Å². The van der Waals surface area contributed by atoms with Crippen LogP contribution < -0.4 is 19.9 Å². The average molecular weight is 383 g/mol. The Hall–Kier alpha value is -3.16. The molecule has 2 amide bonds. The average Bonchev–Trinajstić information content (AvgIpc) is 3.07. The van der Waals surface area contributed by atoms with Gasteiger partial charge in [0.05, 0.1) is 25.3 Å². The van der Waals surface area contributed by atoms with Gasteiger partial charge in [0.25, 0.3) is 0 Å². The lowest BCUT2D eigenvalue weighted by atomic mass is 10.1. The van der Waals surface area contributed by atoms with E-state index in [0.29, 0.717) is 19.0 Å². The van der Waals surface area contributed by atoms with Gasteiger partial charge >= 0.3 is 0 Å². The van der Waals surface area contributed by atoms with Gasteiger partial charge in [-0.3, -0.25) is 9.59 Å². The molecule has 8 nitrogen and oxygen atoms in total. The quantitative estimate of drug-likeness (QED) is 0.814. The minimum Gasteiger partial charge on any atom is -0.497 e. The van der Waals surface area contributed by atoms with Crippen LogP contribution >= 0.6 is 0 Å². The summed E-state index contributed by atoms with van der Waals surface area (Å²) in [5, 5.41) is 2.90. The summed E-state index contributed by atoms with van der Waals surface area (Å²) in [5.74, 6) is 0.740. The Labute approximate surface area is 164 Å². The van der Waals surface area contributed by atoms with Crippen LogP contribution in [0.3, 0.4) is 0 Å². The molecule has 1 unspecified atom stereocenters. The summed E-state index contributed by atoms with van der Waals surface area (Å²) in [6.07, 6.45) is 0.198. The summed E-state index contributed by atoms with van der Waals surface area (Å²) in [4.78, 5) is 37.2. The number of aromatic nitrogens is 2. The first-order chi connectivity index (χ1) is 13.4. The molecule has 1 fully saturated rings. The summed E-state index contributed by atoms with van der Waals surface area (Å²) in [7, 11) is 5.33. The summed E-state index contributed by atoms with van der Waals surface area (Å²) in [6, 6.07) is 9.09. The molecule has 1 aliphatic rings. The highest BCUT2D eigenvalue weighted by Crippen LogP contribution is 2.27. The third kappa shape index (κ3) is 4.39. The van der Waals surface area contributed by atoms with Crippen LogP contribution in [0.15, 0.2) is 30.3 Å². The van der Waals surface area contributed by atoms with Gasteiger partial charge < -0.3 is 19.9 Å². The molecule has 0 saturated carbocycles. The van der Waals surface area contributed by atoms with E-state index in [4.69, 9.17) is 4.74 Å². The number of rotatable bonds is 6. The van der Waals surface area contributed by atoms with Crippen LogP contribution in [0.4, 0.5) is 11.6 Å². The van der Waals surface area contributed by atoms with Crippen LogP contribution in [0.5, 0.6) is 5.75 Å². The fourth-order valence-electron chi connectivity index (χ4n) is 3.12. The molecule has 0 spiro atoms. The molecule has 2 heterocycles. The highest BCUT2D eigenvalue weighted by atomic mass is 16.5. The van der Waals surface area contributed by atoms with Crippen LogP contribution in [0, 0.1) is 12.8 Å². The molecule has 148 valence electrons. The summed E-state index contributed by atoms with van der Waals surface area (Å²) < 4.78 is 5.14. The molecule has 1 aromatic heterocycles. The fourth-order valence-corrected chi connectivity index (χ4v) is 3.12. The van der Waals surface area contributed by atoms with Gasteiger partial charge in [0.1, 0.15) is 5.75 Å². The van der Waals surface area contributed by atoms with Crippen LogP contribution in [-0.2, 0) is 16.1 Å². The van der Waals surface area contributed by atoms with Crippen molar-refractivity contribution in [2.24, 2.45) is 5.92 Å². The lowest BCUT2D eigenvalue weighted by molar-refractivity contribution is -0.126. The Kier molecular flexibility index (Phi) is 5.77.